The van der Waals surface area contributed by atoms with Crippen molar-refractivity contribution < 1.29 is 4.79 Å². The van der Waals surface area contributed by atoms with Crippen LogP contribution in [0, 0.1) is 17.8 Å². The van der Waals surface area contributed by atoms with Gasteiger partial charge >= 0.3 is 0 Å². The van der Waals surface area contributed by atoms with E-state index in [9.17, 15) is 4.79 Å². The van der Waals surface area contributed by atoms with Crippen LogP contribution in [-0.4, -0.2) is 36.0 Å². The van der Waals surface area contributed by atoms with Crippen LogP contribution in [0.1, 0.15) is 44.9 Å². The number of nitrogens with one attached hydrogen (secondary N) is 1. The van der Waals surface area contributed by atoms with Crippen molar-refractivity contribution in [2.24, 2.45) is 17.8 Å². The zero-order valence-corrected chi connectivity index (χ0v) is 11.1. The fourth-order valence-corrected chi connectivity index (χ4v) is 3.81. The maximum Gasteiger partial charge on any atom is 0.227 e. The van der Waals surface area contributed by atoms with Crippen LogP contribution in [-0.2, 0) is 4.79 Å². The Morgan fingerprint density at radius 1 is 1.00 bits per heavy atom. The minimum absolute atomic E-state index is 0.307. The maximum absolute atomic E-state index is 12.7. The third-order valence-corrected chi connectivity index (χ3v) is 5.28. The second kappa shape index (κ2) is 4.22. The van der Waals surface area contributed by atoms with Gasteiger partial charge in [-0.3, -0.25) is 4.79 Å². The van der Waals surface area contributed by atoms with Gasteiger partial charge in [0.25, 0.3) is 0 Å². The van der Waals surface area contributed by atoms with Crippen LogP contribution in [0.3, 0.4) is 0 Å². The van der Waals surface area contributed by atoms with E-state index >= 15 is 0 Å². The predicted molar refractivity (Wildman–Crippen MR) is 70.1 cm³/mol. The first-order valence-electron chi connectivity index (χ1n) is 7.84. The van der Waals surface area contributed by atoms with Crippen LogP contribution in [0.15, 0.2) is 0 Å². The monoisotopic (exact) mass is 248 g/mol. The number of carbonyl (C=O) groups excluding carboxylic acids is 1. The number of rotatable bonds is 5. The van der Waals surface area contributed by atoms with E-state index in [0.29, 0.717) is 23.9 Å². The molecule has 4 rings (SSSR count). The molecule has 2 aliphatic carbocycles. The third kappa shape index (κ3) is 2.18. The van der Waals surface area contributed by atoms with Gasteiger partial charge in [-0.15, -0.1) is 0 Å². The van der Waals surface area contributed by atoms with Crippen LogP contribution in [0.2, 0.25) is 0 Å². The third-order valence-electron chi connectivity index (χ3n) is 5.28. The molecule has 0 aromatic carbocycles. The molecule has 100 valence electrons. The zero-order chi connectivity index (χ0) is 12.1. The van der Waals surface area contributed by atoms with Crippen molar-refractivity contribution in [1.82, 2.24) is 10.2 Å². The minimum Gasteiger partial charge on any atom is -0.342 e. The highest BCUT2D eigenvalue weighted by molar-refractivity contribution is 5.80. The summed E-state index contributed by atoms with van der Waals surface area (Å²) in [6.07, 6.45) is 9.02. The molecule has 2 bridgehead atoms. The Morgan fingerprint density at radius 3 is 2.11 bits per heavy atom. The standard InChI is InChI=1S/C15H24N2O/c18-15(13-7-12-5-6-14(13)16-12)17(8-10-1-2-10)9-11-3-4-11/h10-14,16H,1-9H2. The van der Waals surface area contributed by atoms with Gasteiger partial charge in [-0.25, -0.2) is 0 Å². The van der Waals surface area contributed by atoms with E-state index in [-0.39, 0.29) is 0 Å². The molecule has 0 radical (unpaired) electrons. The summed E-state index contributed by atoms with van der Waals surface area (Å²) in [7, 11) is 0. The number of hydrogen-bond donors (Lipinski definition) is 1. The fraction of sp³-hybridized carbons (Fsp3) is 0.933. The molecular weight excluding hydrogens is 224 g/mol. The molecule has 3 heteroatoms. The normalized spacial score (nSPS) is 38.1. The maximum atomic E-state index is 12.7. The van der Waals surface area contributed by atoms with Gasteiger partial charge in [0.15, 0.2) is 0 Å². The SMILES string of the molecule is O=C(C1CC2CCC1N2)N(CC1CC1)CC1CC1. The van der Waals surface area contributed by atoms with Crippen LogP contribution >= 0.6 is 0 Å². The quantitative estimate of drug-likeness (QED) is 0.804. The molecule has 4 fully saturated rings. The molecule has 4 aliphatic rings. The Morgan fingerprint density at radius 2 is 1.67 bits per heavy atom. The number of fused-ring (bicyclic) bond motifs is 2. The first-order chi connectivity index (χ1) is 8.79. The average Bonchev–Trinajstić information content (AvgIpc) is 3.29. The second-order valence-corrected chi connectivity index (χ2v) is 7.02. The topological polar surface area (TPSA) is 32.3 Å². The van der Waals surface area contributed by atoms with Crippen molar-refractivity contribution in [2.75, 3.05) is 13.1 Å². The van der Waals surface area contributed by atoms with E-state index in [0.717, 1.165) is 31.3 Å². The lowest BCUT2D eigenvalue weighted by atomic mass is 9.88. The molecule has 3 atom stereocenters. The van der Waals surface area contributed by atoms with E-state index in [2.05, 4.69) is 10.2 Å². The van der Waals surface area contributed by atoms with Crippen molar-refractivity contribution in [2.45, 2.75) is 57.0 Å². The van der Waals surface area contributed by atoms with Gasteiger partial charge in [-0.05, 0) is 56.8 Å². The summed E-state index contributed by atoms with van der Waals surface area (Å²) >= 11 is 0. The van der Waals surface area contributed by atoms with Gasteiger partial charge < -0.3 is 10.2 Å². The van der Waals surface area contributed by atoms with E-state index in [1.807, 2.05) is 0 Å². The summed E-state index contributed by atoms with van der Waals surface area (Å²) in [5.41, 5.74) is 0. The molecular formula is C15H24N2O. The summed E-state index contributed by atoms with van der Waals surface area (Å²) in [5, 5.41) is 3.60. The van der Waals surface area contributed by atoms with Crippen LogP contribution in [0.5, 0.6) is 0 Å². The van der Waals surface area contributed by atoms with Gasteiger partial charge in [-0.2, -0.15) is 0 Å². The van der Waals surface area contributed by atoms with Crippen LogP contribution in [0.4, 0.5) is 0 Å². The van der Waals surface area contributed by atoms with Gasteiger partial charge in [0.05, 0.1) is 5.92 Å². The molecule has 2 saturated carbocycles. The highest BCUT2D eigenvalue weighted by Gasteiger charge is 2.45. The molecule has 0 spiro atoms. The Kier molecular flexibility index (Phi) is 2.65. The molecule has 2 aliphatic heterocycles. The number of amides is 1. The van der Waals surface area contributed by atoms with E-state index in [4.69, 9.17) is 0 Å². The van der Waals surface area contributed by atoms with Gasteiger partial charge in [0, 0.05) is 25.2 Å². The molecule has 3 unspecified atom stereocenters. The summed E-state index contributed by atoms with van der Waals surface area (Å²) in [6, 6.07) is 1.15. The van der Waals surface area contributed by atoms with Crippen molar-refractivity contribution >= 4 is 5.91 Å². The lowest BCUT2D eigenvalue weighted by molar-refractivity contribution is -0.136. The zero-order valence-electron chi connectivity index (χ0n) is 11.1. The molecule has 1 amide bonds. The number of carbonyl (C=O) groups is 1. The Balaban J connectivity index is 1.42. The lowest BCUT2D eigenvalue weighted by Gasteiger charge is -2.29. The molecule has 18 heavy (non-hydrogen) atoms. The van der Waals surface area contributed by atoms with E-state index in [1.165, 1.54) is 38.5 Å². The van der Waals surface area contributed by atoms with Gasteiger partial charge in [0.1, 0.15) is 0 Å². The Labute approximate surface area is 109 Å². The smallest absolute Gasteiger partial charge is 0.227 e. The fourth-order valence-electron chi connectivity index (χ4n) is 3.81. The predicted octanol–water partition coefficient (Wildman–Crippen LogP) is 1.78. The molecule has 0 aromatic heterocycles. The Hall–Kier alpha value is -0.570. The van der Waals surface area contributed by atoms with Gasteiger partial charge in [-0.1, -0.05) is 0 Å². The van der Waals surface area contributed by atoms with Crippen molar-refractivity contribution in [1.29, 1.82) is 0 Å². The molecule has 0 aromatic rings. The van der Waals surface area contributed by atoms with Crippen molar-refractivity contribution in [3.05, 3.63) is 0 Å². The first kappa shape index (κ1) is 11.3. The summed E-state index contributed by atoms with van der Waals surface area (Å²) < 4.78 is 0. The van der Waals surface area contributed by atoms with Crippen molar-refractivity contribution in [3.63, 3.8) is 0 Å². The summed E-state index contributed by atoms with van der Waals surface area (Å²) in [6.45, 7) is 2.12. The summed E-state index contributed by atoms with van der Waals surface area (Å²) in [4.78, 5) is 15.0. The first-order valence-corrected chi connectivity index (χ1v) is 7.84. The second-order valence-electron chi connectivity index (χ2n) is 7.02. The minimum atomic E-state index is 0.307. The number of nitrogens with zero attached hydrogens (tertiary/aromatic N) is 1. The highest BCUT2D eigenvalue weighted by Crippen LogP contribution is 2.38. The van der Waals surface area contributed by atoms with Gasteiger partial charge in [0.2, 0.25) is 5.91 Å². The van der Waals surface area contributed by atoms with Crippen molar-refractivity contribution in [3.8, 4) is 0 Å². The van der Waals surface area contributed by atoms with Crippen LogP contribution in [0.25, 0.3) is 0 Å². The van der Waals surface area contributed by atoms with E-state index < -0.39 is 0 Å². The molecule has 2 saturated heterocycles. The molecule has 3 nitrogen and oxygen atoms in total. The van der Waals surface area contributed by atoms with E-state index in [1.54, 1.807) is 0 Å². The summed E-state index contributed by atoms with van der Waals surface area (Å²) in [5.74, 6) is 2.45. The number of hydrogen-bond acceptors (Lipinski definition) is 2. The molecule has 1 N–H and O–H groups in total. The average molecular weight is 248 g/mol. The lowest BCUT2D eigenvalue weighted by Crippen LogP contribution is -2.42. The van der Waals surface area contributed by atoms with Crippen LogP contribution < -0.4 is 5.32 Å². The largest absolute Gasteiger partial charge is 0.342 e. The molecule has 2 heterocycles. The highest BCUT2D eigenvalue weighted by atomic mass is 16.2. The Bertz CT molecular complexity index is 334.